The minimum absolute atomic E-state index is 0.885. The minimum Gasteiger partial charge on any atom is -0.398 e. The van der Waals surface area contributed by atoms with E-state index in [2.05, 4.69) is 35.8 Å². The molecule has 2 aromatic rings. The van der Waals surface area contributed by atoms with Crippen molar-refractivity contribution in [2.45, 2.75) is 13.8 Å². The molecule has 3 nitrogen and oxygen atoms in total. The van der Waals surface area contributed by atoms with Gasteiger partial charge in [0.05, 0.1) is 5.69 Å². The zero-order valence-electron chi connectivity index (χ0n) is 8.53. The van der Waals surface area contributed by atoms with E-state index in [1.807, 2.05) is 5.38 Å². The molecule has 2 rings (SSSR count). The Balaban J connectivity index is 2.51. The predicted octanol–water partition coefficient (Wildman–Crippen LogP) is 2.26. The molecule has 0 aliphatic rings. The second-order valence-electron chi connectivity index (χ2n) is 3.21. The van der Waals surface area contributed by atoms with Crippen LogP contribution < -0.4 is 10.7 Å². The summed E-state index contributed by atoms with van der Waals surface area (Å²) in [6, 6.07) is 2.08. The second-order valence-corrected chi connectivity index (χ2v) is 4.07. The Bertz CT molecular complexity index is 425. The Morgan fingerprint density at radius 3 is 2.79 bits per heavy atom. The third-order valence-corrected chi connectivity index (χ3v) is 3.47. The molecule has 0 saturated carbocycles. The van der Waals surface area contributed by atoms with Crippen LogP contribution in [0.25, 0.3) is 10.2 Å². The topological polar surface area (TPSA) is 34.2 Å². The Labute approximate surface area is 87.7 Å². The van der Waals surface area contributed by atoms with Gasteiger partial charge in [0.2, 0.25) is 0 Å². The van der Waals surface area contributed by atoms with Crippen LogP contribution in [0.1, 0.15) is 13.8 Å². The number of hydrogen-bond acceptors (Lipinski definition) is 3. The first-order chi connectivity index (χ1) is 6.77. The van der Waals surface area contributed by atoms with Gasteiger partial charge in [-0.2, -0.15) is 0 Å². The molecule has 2 N–H and O–H groups in total. The van der Waals surface area contributed by atoms with Crippen LogP contribution in [0, 0.1) is 0 Å². The third-order valence-electron chi connectivity index (χ3n) is 2.46. The fourth-order valence-corrected chi connectivity index (χ4v) is 2.64. The Morgan fingerprint density at radius 2 is 2.14 bits per heavy atom. The molecule has 0 atom stereocenters. The molecule has 0 fully saturated rings. The zero-order valence-corrected chi connectivity index (χ0v) is 9.34. The summed E-state index contributed by atoms with van der Waals surface area (Å²) >= 11 is 1.70. The van der Waals surface area contributed by atoms with Gasteiger partial charge in [-0.1, -0.05) is 0 Å². The molecule has 0 bridgehead atoms. The average Bonchev–Trinajstić information content (AvgIpc) is 2.74. The van der Waals surface area contributed by atoms with Crippen LogP contribution in [-0.4, -0.2) is 17.8 Å². The van der Waals surface area contributed by atoms with E-state index in [1.54, 1.807) is 11.3 Å². The van der Waals surface area contributed by atoms with E-state index in [0.29, 0.717) is 0 Å². The summed E-state index contributed by atoms with van der Waals surface area (Å²) in [6.07, 6.45) is 2.09. The normalized spacial score (nSPS) is 11.0. The average molecular weight is 209 g/mol. The molecule has 2 heterocycles. The number of anilines is 1. The molecule has 0 aromatic carbocycles. The summed E-state index contributed by atoms with van der Waals surface area (Å²) in [6.45, 7) is 6.34. The molecule has 0 saturated heterocycles. The first-order valence-electron chi connectivity index (χ1n) is 4.87. The summed E-state index contributed by atoms with van der Waals surface area (Å²) < 4.78 is 2.19. The largest absolute Gasteiger partial charge is 0.398 e. The highest BCUT2D eigenvalue weighted by Gasteiger charge is 2.09. The van der Waals surface area contributed by atoms with Crippen LogP contribution in [0.5, 0.6) is 0 Å². The lowest BCUT2D eigenvalue weighted by Gasteiger charge is -2.22. The number of hydrogen-bond donors (Lipinski definition) is 1. The molecule has 0 aliphatic carbocycles. The van der Waals surface area contributed by atoms with E-state index in [0.717, 1.165) is 18.8 Å². The van der Waals surface area contributed by atoms with Crippen molar-refractivity contribution >= 4 is 27.2 Å². The van der Waals surface area contributed by atoms with Gasteiger partial charge >= 0.3 is 0 Å². The highest BCUT2D eigenvalue weighted by atomic mass is 32.1. The van der Waals surface area contributed by atoms with Gasteiger partial charge in [-0.15, -0.1) is 11.3 Å². The summed E-state index contributed by atoms with van der Waals surface area (Å²) in [7, 11) is 0. The smallest absolute Gasteiger partial charge is 0.124 e. The van der Waals surface area contributed by atoms with Crippen molar-refractivity contribution < 1.29 is 0 Å². The molecule has 2 aromatic heterocycles. The van der Waals surface area contributed by atoms with Crippen molar-refractivity contribution in [2.24, 2.45) is 0 Å². The molecule has 0 radical (unpaired) electrons. The van der Waals surface area contributed by atoms with Crippen molar-refractivity contribution in [3.05, 3.63) is 17.6 Å². The van der Waals surface area contributed by atoms with Gasteiger partial charge in [0.25, 0.3) is 0 Å². The predicted molar refractivity (Wildman–Crippen MR) is 63.5 cm³/mol. The van der Waals surface area contributed by atoms with Crippen molar-refractivity contribution in [3.8, 4) is 0 Å². The molecule has 0 amide bonds. The van der Waals surface area contributed by atoms with Crippen molar-refractivity contribution in [3.63, 3.8) is 0 Å². The van der Waals surface area contributed by atoms with E-state index >= 15 is 0 Å². The van der Waals surface area contributed by atoms with E-state index < -0.39 is 0 Å². The van der Waals surface area contributed by atoms with Crippen LogP contribution in [0.4, 0.5) is 5.69 Å². The monoisotopic (exact) mass is 209 g/mol. The summed E-state index contributed by atoms with van der Waals surface area (Å²) in [5.74, 6) is 0. The summed E-state index contributed by atoms with van der Waals surface area (Å²) in [4.78, 5) is 1.24. The van der Waals surface area contributed by atoms with Gasteiger partial charge < -0.3 is 10.7 Å². The molecule has 4 heteroatoms. The maximum absolute atomic E-state index is 5.85. The maximum Gasteiger partial charge on any atom is 0.124 e. The number of nitrogen functional groups attached to an aromatic ring is 1. The summed E-state index contributed by atoms with van der Waals surface area (Å²) in [5, 5.41) is 5.45. The van der Waals surface area contributed by atoms with Gasteiger partial charge in [0, 0.05) is 30.1 Å². The van der Waals surface area contributed by atoms with E-state index in [9.17, 15) is 0 Å². The van der Waals surface area contributed by atoms with Crippen LogP contribution in [0.15, 0.2) is 17.6 Å². The molecule has 0 spiro atoms. The first kappa shape index (κ1) is 9.40. The Morgan fingerprint density at radius 1 is 1.43 bits per heavy atom. The molecular formula is C10H15N3S. The Kier molecular flexibility index (Phi) is 2.37. The second kappa shape index (κ2) is 3.53. The number of nitrogens with zero attached hydrogens (tertiary/aromatic N) is 2. The molecule has 76 valence electrons. The maximum atomic E-state index is 5.85. The van der Waals surface area contributed by atoms with Gasteiger partial charge in [-0.3, -0.25) is 4.68 Å². The van der Waals surface area contributed by atoms with Crippen LogP contribution in [-0.2, 0) is 0 Å². The number of thiophene rings is 1. The van der Waals surface area contributed by atoms with E-state index in [4.69, 9.17) is 5.73 Å². The highest BCUT2D eigenvalue weighted by Crippen LogP contribution is 2.28. The molecule has 14 heavy (non-hydrogen) atoms. The van der Waals surface area contributed by atoms with Gasteiger partial charge in [-0.25, -0.2) is 0 Å². The van der Waals surface area contributed by atoms with Gasteiger partial charge in [0.1, 0.15) is 4.83 Å². The first-order valence-corrected chi connectivity index (χ1v) is 5.75. The highest BCUT2D eigenvalue weighted by molar-refractivity contribution is 7.17. The molecule has 0 unspecified atom stereocenters. The number of nitrogens with two attached hydrogens (primary N) is 1. The van der Waals surface area contributed by atoms with E-state index in [-0.39, 0.29) is 0 Å². The standard InChI is InChI=1S/C10H15N3S/c1-3-12(4-2)13-6-5-8-9(11)7-14-10(8)13/h5-7H,3-4,11H2,1-2H3. The third kappa shape index (κ3) is 1.26. The number of fused-ring (bicyclic) bond motifs is 1. The van der Waals surface area contributed by atoms with Crippen molar-refractivity contribution in [2.75, 3.05) is 23.8 Å². The fraction of sp³-hybridized carbons (Fsp3) is 0.400. The fourth-order valence-electron chi connectivity index (χ4n) is 1.68. The zero-order chi connectivity index (χ0) is 10.1. The molecular weight excluding hydrogens is 194 g/mol. The van der Waals surface area contributed by atoms with Gasteiger partial charge in [0.15, 0.2) is 0 Å². The van der Waals surface area contributed by atoms with Crippen molar-refractivity contribution in [1.29, 1.82) is 0 Å². The number of aromatic nitrogens is 1. The quantitative estimate of drug-likeness (QED) is 0.841. The lowest BCUT2D eigenvalue weighted by molar-refractivity contribution is 0.642. The Hall–Kier alpha value is -1.16. The SMILES string of the molecule is CCN(CC)n1ccc2c(N)csc21. The number of rotatable bonds is 3. The van der Waals surface area contributed by atoms with Crippen LogP contribution >= 0.6 is 11.3 Å². The molecule has 0 aliphatic heterocycles. The lowest BCUT2D eigenvalue weighted by atomic mass is 10.4. The van der Waals surface area contributed by atoms with Crippen molar-refractivity contribution in [1.82, 2.24) is 4.68 Å². The summed E-state index contributed by atoms with van der Waals surface area (Å²) in [5.41, 5.74) is 6.74. The van der Waals surface area contributed by atoms with Crippen LogP contribution in [0.2, 0.25) is 0 Å². The van der Waals surface area contributed by atoms with E-state index in [1.165, 1.54) is 10.2 Å². The van der Waals surface area contributed by atoms with Crippen LogP contribution in [0.3, 0.4) is 0 Å². The minimum atomic E-state index is 0.885. The lowest BCUT2D eigenvalue weighted by Crippen LogP contribution is -2.32. The van der Waals surface area contributed by atoms with Gasteiger partial charge in [-0.05, 0) is 19.9 Å².